The second kappa shape index (κ2) is 10.6. The number of rotatable bonds is 7. The van der Waals surface area contributed by atoms with Crippen molar-refractivity contribution in [3.63, 3.8) is 0 Å². The van der Waals surface area contributed by atoms with Crippen molar-refractivity contribution in [3.8, 4) is 22.4 Å². The summed E-state index contributed by atoms with van der Waals surface area (Å²) >= 11 is 0. The van der Waals surface area contributed by atoms with Gasteiger partial charge in [0.25, 0.3) is 5.91 Å². The van der Waals surface area contributed by atoms with E-state index in [4.69, 9.17) is 4.74 Å². The Morgan fingerprint density at radius 2 is 1.89 bits per heavy atom. The molecule has 192 valence electrons. The fraction of sp³-hybridized carbons (Fsp3) is 0.241. The molecule has 0 spiro atoms. The van der Waals surface area contributed by atoms with Crippen LogP contribution in [0.15, 0.2) is 67.3 Å². The van der Waals surface area contributed by atoms with E-state index in [2.05, 4.69) is 30.2 Å². The van der Waals surface area contributed by atoms with Crippen LogP contribution in [0.25, 0.3) is 44.3 Å². The van der Waals surface area contributed by atoms with Crippen molar-refractivity contribution in [2.75, 3.05) is 39.4 Å². The number of pyridine rings is 3. The molecule has 0 saturated carbocycles. The molecule has 0 aliphatic carbocycles. The number of nitrogens with one attached hydrogen (secondary N) is 2. The summed E-state index contributed by atoms with van der Waals surface area (Å²) in [6.07, 6.45) is 7.28. The number of carbonyl (C=O) groups is 1. The van der Waals surface area contributed by atoms with Gasteiger partial charge >= 0.3 is 0 Å². The molecule has 9 heteroatoms. The molecule has 38 heavy (non-hydrogen) atoms. The lowest BCUT2D eigenvalue weighted by molar-refractivity contribution is 0.0374. The molecule has 0 atom stereocenters. The molecule has 1 aromatic carbocycles. The van der Waals surface area contributed by atoms with Crippen LogP contribution in [0, 0.1) is 5.82 Å². The van der Waals surface area contributed by atoms with Crippen LogP contribution in [0.4, 0.5) is 4.39 Å². The molecule has 1 aliphatic rings. The number of H-pyrrole nitrogens is 1. The van der Waals surface area contributed by atoms with Crippen LogP contribution in [0.1, 0.15) is 16.8 Å². The van der Waals surface area contributed by atoms with E-state index in [1.54, 1.807) is 42.9 Å². The third-order valence-corrected chi connectivity index (χ3v) is 6.89. The number of fused-ring (bicyclic) bond motifs is 3. The van der Waals surface area contributed by atoms with Gasteiger partial charge < -0.3 is 15.0 Å². The largest absolute Gasteiger partial charge is 0.379 e. The van der Waals surface area contributed by atoms with Crippen LogP contribution in [-0.4, -0.2) is 70.1 Å². The molecule has 2 N–H and O–H groups in total. The number of benzene rings is 1. The smallest absolute Gasteiger partial charge is 0.251 e. The second-order valence-electron chi connectivity index (χ2n) is 9.33. The van der Waals surface area contributed by atoms with Crippen LogP contribution >= 0.6 is 0 Å². The third kappa shape index (κ3) is 4.85. The van der Waals surface area contributed by atoms with E-state index < -0.39 is 5.82 Å². The van der Waals surface area contributed by atoms with Gasteiger partial charge in [0.15, 0.2) is 0 Å². The zero-order valence-corrected chi connectivity index (χ0v) is 20.8. The lowest BCUT2D eigenvalue weighted by Crippen LogP contribution is -2.38. The highest BCUT2D eigenvalue weighted by atomic mass is 19.1. The summed E-state index contributed by atoms with van der Waals surface area (Å²) < 4.78 is 20.6. The fourth-order valence-electron chi connectivity index (χ4n) is 4.91. The summed E-state index contributed by atoms with van der Waals surface area (Å²) in [5, 5.41) is 4.47. The minimum absolute atomic E-state index is 0.141. The molecule has 4 aromatic heterocycles. The molecule has 5 aromatic rings. The van der Waals surface area contributed by atoms with Crippen LogP contribution < -0.4 is 5.32 Å². The van der Waals surface area contributed by atoms with Crippen LogP contribution in [0.2, 0.25) is 0 Å². The number of aromatic nitrogens is 4. The lowest BCUT2D eigenvalue weighted by Gasteiger charge is -2.26. The van der Waals surface area contributed by atoms with E-state index in [0.29, 0.717) is 34.3 Å². The standard InChI is InChI=1S/C29H27FN6O2/c30-23-17-34-28-27(22-15-24(33-18-25(22)35-28)21-3-1-8-31-16-21)26(23)19-4-6-20(7-5-19)29(37)32-9-2-10-36-11-13-38-14-12-36/h1,3-8,15-18H,2,9-14H2,(H,32,37)(H,34,35). The molecule has 5 heterocycles. The number of amides is 1. The highest BCUT2D eigenvalue weighted by Gasteiger charge is 2.18. The minimum atomic E-state index is -0.432. The minimum Gasteiger partial charge on any atom is -0.379 e. The first-order valence-electron chi connectivity index (χ1n) is 12.7. The van der Waals surface area contributed by atoms with Crippen molar-refractivity contribution < 1.29 is 13.9 Å². The van der Waals surface area contributed by atoms with Crippen LogP contribution in [0.5, 0.6) is 0 Å². The topological polar surface area (TPSA) is 96.0 Å². The SMILES string of the molecule is O=C(NCCCN1CCOCC1)c1ccc(-c2c(F)cnc3[nH]c4cnc(-c5cccnc5)cc4c23)cc1. The first-order chi connectivity index (χ1) is 18.7. The summed E-state index contributed by atoms with van der Waals surface area (Å²) in [6, 6.07) is 12.7. The van der Waals surface area contributed by atoms with Gasteiger partial charge in [0.05, 0.1) is 36.8 Å². The molecular weight excluding hydrogens is 483 g/mol. The van der Waals surface area contributed by atoms with Gasteiger partial charge in [-0.2, -0.15) is 0 Å². The maximum atomic E-state index is 15.3. The Bertz CT molecular complexity index is 1580. The second-order valence-corrected chi connectivity index (χ2v) is 9.33. The number of carbonyl (C=O) groups excluding carboxylic acids is 1. The Kier molecular flexibility index (Phi) is 6.76. The van der Waals surface area contributed by atoms with E-state index in [-0.39, 0.29) is 5.91 Å². The highest BCUT2D eigenvalue weighted by molar-refractivity contribution is 6.13. The van der Waals surface area contributed by atoms with Crippen molar-refractivity contribution >= 4 is 27.8 Å². The Labute approximate surface area is 218 Å². The molecule has 0 unspecified atom stereocenters. The van der Waals surface area contributed by atoms with Gasteiger partial charge in [-0.1, -0.05) is 12.1 Å². The molecule has 1 saturated heterocycles. The summed E-state index contributed by atoms with van der Waals surface area (Å²) in [7, 11) is 0. The van der Waals surface area contributed by atoms with E-state index in [1.165, 1.54) is 6.20 Å². The van der Waals surface area contributed by atoms with Gasteiger partial charge in [-0.15, -0.1) is 0 Å². The van der Waals surface area contributed by atoms with E-state index >= 15 is 4.39 Å². The highest BCUT2D eigenvalue weighted by Crippen LogP contribution is 2.36. The normalized spacial score (nSPS) is 14.2. The molecule has 6 rings (SSSR count). The molecule has 0 radical (unpaired) electrons. The maximum absolute atomic E-state index is 15.3. The van der Waals surface area contributed by atoms with Crippen molar-refractivity contribution in [3.05, 3.63) is 78.6 Å². The van der Waals surface area contributed by atoms with Gasteiger partial charge in [0.2, 0.25) is 0 Å². The summed E-state index contributed by atoms with van der Waals surface area (Å²) in [5.41, 5.74) is 4.58. The molecule has 1 aliphatic heterocycles. The van der Waals surface area contributed by atoms with Crippen molar-refractivity contribution in [1.29, 1.82) is 0 Å². The number of halogens is 1. The van der Waals surface area contributed by atoms with Crippen molar-refractivity contribution in [2.45, 2.75) is 6.42 Å². The first-order valence-corrected chi connectivity index (χ1v) is 12.7. The quantitative estimate of drug-likeness (QED) is 0.315. The zero-order valence-electron chi connectivity index (χ0n) is 20.8. The van der Waals surface area contributed by atoms with E-state index in [9.17, 15) is 4.79 Å². The van der Waals surface area contributed by atoms with E-state index in [0.717, 1.165) is 61.4 Å². The Morgan fingerprint density at radius 3 is 2.68 bits per heavy atom. The molecular formula is C29H27FN6O2. The summed E-state index contributed by atoms with van der Waals surface area (Å²) in [4.78, 5) is 31.3. The average Bonchev–Trinajstić information content (AvgIpc) is 3.34. The molecule has 8 nitrogen and oxygen atoms in total. The van der Waals surface area contributed by atoms with Gasteiger partial charge in [-0.3, -0.25) is 19.7 Å². The zero-order chi connectivity index (χ0) is 25.9. The molecule has 1 fully saturated rings. The Morgan fingerprint density at radius 1 is 1.05 bits per heavy atom. The maximum Gasteiger partial charge on any atom is 0.251 e. The van der Waals surface area contributed by atoms with Crippen molar-refractivity contribution in [2.24, 2.45) is 0 Å². The number of ether oxygens (including phenoxy) is 1. The number of hydrogen-bond acceptors (Lipinski definition) is 6. The van der Waals surface area contributed by atoms with Crippen LogP contribution in [-0.2, 0) is 4.74 Å². The summed E-state index contributed by atoms with van der Waals surface area (Å²) in [6.45, 7) is 4.94. The predicted molar refractivity (Wildman–Crippen MR) is 144 cm³/mol. The fourth-order valence-corrected chi connectivity index (χ4v) is 4.91. The first kappa shape index (κ1) is 24.1. The number of hydrogen-bond donors (Lipinski definition) is 2. The monoisotopic (exact) mass is 510 g/mol. The van der Waals surface area contributed by atoms with Gasteiger partial charge in [-0.05, 0) is 48.9 Å². The number of nitrogens with zero attached hydrogens (tertiary/aromatic N) is 4. The third-order valence-electron chi connectivity index (χ3n) is 6.89. The lowest BCUT2D eigenvalue weighted by atomic mass is 9.99. The van der Waals surface area contributed by atoms with Gasteiger partial charge in [0.1, 0.15) is 11.5 Å². The van der Waals surface area contributed by atoms with Gasteiger partial charge in [-0.25, -0.2) is 9.37 Å². The van der Waals surface area contributed by atoms with Crippen LogP contribution in [0.3, 0.4) is 0 Å². The van der Waals surface area contributed by atoms with Gasteiger partial charge in [0, 0.05) is 59.5 Å². The summed E-state index contributed by atoms with van der Waals surface area (Å²) in [5.74, 6) is -0.573. The predicted octanol–water partition coefficient (Wildman–Crippen LogP) is 4.43. The average molecular weight is 511 g/mol. The number of morpholine rings is 1. The Hall–Kier alpha value is -4.21. The Balaban J connectivity index is 1.25. The van der Waals surface area contributed by atoms with Crippen molar-refractivity contribution in [1.82, 2.24) is 30.2 Å². The molecule has 0 bridgehead atoms. The molecule has 1 amide bonds. The van der Waals surface area contributed by atoms with E-state index in [1.807, 2.05) is 18.2 Å². The number of aromatic amines is 1.